The molecule has 2 atom stereocenters. The zero-order valence-electron chi connectivity index (χ0n) is 7.55. The summed E-state index contributed by atoms with van der Waals surface area (Å²) in [5.41, 5.74) is 0.647. The molecule has 2 rings (SSSR count). The van der Waals surface area contributed by atoms with Crippen molar-refractivity contribution in [3.05, 3.63) is 0 Å². The van der Waals surface area contributed by atoms with E-state index in [-0.39, 0.29) is 5.50 Å². The maximum atomic E-state index is 6.03. The van der Waals surface area contributed by atoms with Gasteiger partial charge in [-0.25, -0.2) is 0 Å². The van der Waals surface area contributed by atoms with E-state index in [2.05, 4.69) is 11.8 Å². The summed E-state index contributed by atoms with van der Waals surface area (Å²) < 4.78 is 5.44. The molecule has 2 aliphatic heterocycles. The van der Waals surface area contributed by atoms with Crippen LogP contribution in [0.25, 0.3) is 0 Å². The van der Waals surface area contributed by atoms with E-state index in [1.807, 2.05) is 0 Å². The number of ether oxygens (including phenoxy) is 1. The van der Waals surface area contributed by atoms with Gasteiger partial charge in [0.15, 0.2) is 0 Å². The Balaban J connectivity index is 1.96. The summed E-state index contributed by atoms with van der Waals surface area (Å²) in [6, 6.07) is 0. The van der Waals surface area contributed by atoms with Crippen molar-refractivity contribution in [2.45, 2.75) is 25.3 Å². The molecule has 0 saturated carbocycles. The van der Waals surface area contributed by atoms with E-state index in [0.29, 0.717) is 5.41 Å². The number of likely N-dealkylation sites (tertiary alicyclic amines) is 1. The van der Waals surface area contributed by atoms with E-state index in [4.69, 9.17) is 16.3 Å². The molecule has 2 aliphatic rings. The van der Waals surface area contributed by atoms with Crippen LogP contribution in [0.4, 0.5) is 0 Å². The Labute approximate surface area is 78.8 Å². The van der Waals surface area contributed by atoms with Crippen molar-refractivity contribution in [2.24, 2.45) is 5.41 Å². The van der Waals surface area contributed by atoms with Crippen molar-refractivity contribution in [3.63, 3.8) is 0 Å². The fourth-order valence-corrected chi connectivity index (χ4v) is 2.41. The second-order valence-corrected chi connectivity index (χ2v) is 4.73. The van der Waals surface area contributed by atoms with E-state index in [9.17, 15) is 0 Å². The smallest absolute Gasteiger partial charge is 0.0822 e. The van der Waals surface area contributed by atoms with Gasteiger partial charge in [-0.1, -0.05) is 0 Å². The lowest BCUT2D eigenvalue weighted by atomic mass is 9.87. The van der Waals surface area contributed by atoms with E-state index < -0.39 is 0 Å². The third-order valence-corrected chi connectivity index (χ3v) is 3.43. The highest BCUT2D eigenvalue weighted by Crippen LogP contribution is 2.39. The molecule has 12 heavy (non-hydrogen) atoms. The van der Waals surface area contributed by atoms with Crippen LogP contribution in [0, 0.1) is 5.41 Å². The number of halogens is 1. The van der Waals surface area contributed by atoms with Crippen molar-refractivity contribution < 1.29 is 4.74 Å². The Morgan fingerprint density at radius 3 is 2.83 bits per heavy atom. The van der Waals surface area contributed by atoms with Crippen LogP contribution in [0.2, 0.25) is 0 Å². The number of hydrogen-bond donors (Lipinski definition) is 0. The van der Waals surface area contributed by atoms with Gasteiger partial charge in [-0.2, -0.15) is 0 Å². The molecule has 0 aromatic carbocycles. The lowest BCUT2D eigenvalue weighted by Gasteiger charge is -2.23. The summed E-state index contributed by atoms with van der Waals surface area (Å²) in [6.07, 6.45) is 2.50. The second kappa shape index (κ2) is 3.17. The van der Waals surface area contributed by atoms with Crippen molar-refractivity contribution in [3.8, 4) is 0 Å². The molecule has 0 aromatic heterocycles. The predicted molar refractivity (Wildman–Crippen MR) is 49.4 cm³/mol. The molecule has 1 spiro atoms. The summed E-state index contributed by atoms with van der Waals surface area (Å²) >= 11 is 6.03. The van der Waals surface area contributed by atoms with Crippen LogP contribution < -0.4 is 0 Å². The number of alkyl halides is 1. The third-order valence-electron chi connectivity index (χ3n) is 3.16. The van der Waals surface area contributed by atoms with Gasteiger partial charge in [0, 0.05) is 25.1 Å². The minimum absolute atomic E-state index is 0.185. The normalized spacial score (nSPS) is 39.5. The van der Waals surface area contributed by atoms with Crippen molar-refractivity contribution in [2.75, 3.05) is 26.3 Å². The molecule has 0 aliphatic carbocycles. The molecular weight excluding hydrogens is 174 g/mol. The highest BCUT2D eigenvalue weighted by molar-refractivity contribution is 6.20. The van der Waals surface area contributed by atoms with E-state index >= 15 is 0 Å². The molecule has 70 valence electrons. The number of hydrogen-bond acceptors (Lipinski definition) is 2. The van der Waals surface area contributed by atoms with Gasteiger partial charge >= 0.3 is 0 Å². The van der Waals surface area contributed by atoms with E-state index in [1.54, 1.807) is 0 Å². The largest absolute Gasteiger partial charge is 0.381 e. The Hall–Kier alpha value is 0.210. The second-order valence-electron chi connectivity index (χ2n) is 4.10. The molecule has 3 heteroatoms. The van der Waals surface area contributed by atoms with E-state index in [1.165, 1.54) is 12.8 Å². The highest BCUT2D eigenvalue weighted by atomic mass is 35.5. The summed E-state index contributed by atoms with van der Waals surface area (Å²) in [6.45, 7) is 6.24. The first-order valence-corrected chi connectivity index (χ1v) is 5.11. The van der Waals surface area contributed by atoms with Crippen molar-refractivity contribution >= 4 is 11.6 Å². The lowest BCUT2D eigenvalue weighted by Crippen LogP contribution is -2.31. The maximum Gasteiger partial charge on any atom is 0.0822 e. The van der Waals surface area contributed by atoms with Crippen molar-refractivity contribution in [1.29, 1.82) is 0 Å². The fraction of sp³-hybridized carbons (Fsp3) is 1.00. The number of rotatable bonds is 1. The molecule has 2 unspecified atom stereocenters. The summed E-state index contributed by atoms with van der Waals surface area (Å²) in [5.74, 6) is 0. The minimum atomic E-state index is 0.185. The molecule has 0 amide bonds. The molecule has 2 heterocycles. The molecule has 0 bridgehead atoms. The third kappa shape index (κ3) is 1.48. The van der Waals surface area contributed by atoms with E-state index in [0.717, 1.165) is 26.3 Å². The first-order valence-electron chi connectivity index (χ1n) is 4.68. The van der Waals surface area contributed by atoms with Gasteiger partial charge in [-0.05, 0) is 19.8 Å². The highest BCUT2D eigenvalue weighted by Gasteiger charge is 2.41. The van der Waals surface area contributed by atoms with Gasteiger partial charge < -0.3 is 4.74 Å². The quantitative estimate of drug-likeness (QED) is 0.460. The van der Waals surface area contributed by atoms with Gasteiger partial charge in [0.05, 0.1) is 12.1 Å². The van der Waals surface area contributed by atoms with Crippen LogP contribution in [0.1, 0.15) is 19.8 Å². The lowest BCUT2D eigenvalue weighted by molar-refractivity contribution is 0.151. The molecule has 2 saturated heterocycles. The van der Waals surface area contributed by atoms with Gasteiger partial charge in [0.1, 0.15) is 0 Å². The Morgan fingerprint density at radius 2 is 2.33 bits per heavy atom. The summed E-state index contributed by atoms with van der Waals surface area (Å²) in [7, 11) is 0. The maximum absolute atomic E-state index is 6.03. The monoisotopic (exact) mass is 189 g/mol. The van der Waals surface area contributed by atoms with Gasteiger partial charge in [-0.3, -0.25) is 4.90 Å². The SMILES string of the molecule is CC(Cl)N1CCC2(CCOC2)C1. The zero-order chi connectivity index (χ0) is 8.60. The fourth-order valence-electron chi connectivity index (χ4n) is 2.24. The van der Waals surface area contributed by atoms with Crippen LogP contribution in [-0.2, 0) is 4.74 Å². The molecule has 0 N–H and O–H groups in total. The predicted octanol–water partition coefficient (Wildman–Crippen LogP) is 1.68. The minimum Gasteiger partial charge on any atom is -0.381 e. The van der Waals surface area contributed by atoms with Gasteiger partial charge in [0.25, 0.3) is 0 Å². The average Bonchev–Trinajstić information content (AvgIpc) is 2.62. The standard InChI is InChI=1S/C9H16ClNO/c1-8(10)11-4-2-9(6-11)3-5-12-7-9/h8H,2-7H2,1H3. The number of nitrogens with zero attached hydrogens (tertiary/aromatic N) is 1. The van der Waals surface area contributed by atoms with Gasteiger partial charge in [-0.15, -0.1) is 11.6 Å². The summed E-state index contributed by atoms with van der Waals surface area (Å²) in [5, 5.41) is 0. The van der Waals surface area contributed by atoms with Crippen LogP contribution in [-0.4, -0.2) is 36.7 Å². The molecular formula is C9H16ClNO. The average molecular weight is 190 g/mol. The molecule has 0 radical (unpaired) electrons. The Bertz CT molecular complexity index is 166. The van der Waals surface area contributed by atoms with Crippen LogP contribution in [0.15, 0.2) is 0 Å². The molecule has 0 aromatic rings. The Kier molecular flexibility index (Phi) is 2.32. The Morgan fingerprint density at radius 1 is 1.50 bits per heavy atom. The van der Waals surface area contributed by atoms with Gasteiger partial charge in [0.2, 0.25) is 0 Å². The first kappa shape index (κ1) is 8.79. The van der Waals surface area contributed by atoms with Crippen LogP contribution in [0.5, 0.6) is 0 Å². The van der Waals surface area contributed by atoms with Crippen molar-refractivity contribution in [1.82, 2.24) is 4.90 Å². The van der Waals surface area contributed by atoms with Crippen LogP contribution >= 0.6 is 11.6 Å². The first-order chi connectivity index (χ1) is 5.72. The molecule has 2 nitrogen and oxygen atoms in total. The molecule has 2 fully saturated rings. The van der Waals surface area contributed by atoms with Crippen LogP contribution in [0.3, 0.4) is 0 Å². The topological polar surface area (TPSA) is 12.5 Å². The zero-order valence-corrected chi connectivity index (χ0v) is 8.31. The summed E-state index contributed by atoms with van der Waals surface area (Å²) in [4.78, 5) is 2.34.